The van der Waals surface area contributed by atoms with Crippen LogP contribution in [0.25, 0.3) is 21.9 Å². The van der Waals surface area contributed by atoms with E-state index >= 15 is 0 Å². The van der Waals surface area contributed by atoms with Gasteiger partial charge in [-0.05, 0) is 49.0 Å². The summed E-state index contributed by atoms with van der Waals surface area (Å²) in [5, 5.41) is 11.8. The highest BCUT2D eigenvalue weighted by atomic mass is 16.5. The topological polar surface area (TPSA) is 107 Å². The lowest BCUT2D eigenvalue weighted by Gasteiger charge is -2.32. The van der Waals surface area contributed by atoms with Crippen molar-refractivity contribution in [3.05, 3.63) is 95.3 Å². The molecule has 5 aromatic rings. The summed E-state index contributed by atoms with van der Waals surface area (Å²) in [6, 6.07) is 19.1. The predicted molar refractivity (Wildman–Crippen MR) is 155 cm³/mol. The molecule has 40 heavy (non-hydrogen) atoms. The van der Waals surface area contributed by atoms with Crippen LogP contribution in [0.3, 0.4) is 0 Å². The van der Waals surface area contributed by atoms with Crippen molar-refractivity contribution in [2.75, 3.05) is 40.3 Å². The van der Waals surface area contributed by atoms with Crippen molar-refractivity contribution in [1.82, 2.24) is 24.8 Å². The maximum absolute atomic E-state index is 12.1. The molecule has 0 amide bonds. The molecule has 1 saturated heterocycles. The molecule has 6 rings (SSSR count). The number of carbonyl (C=O) groups excluding carboxylic acids is 1. The average Bonchev–Trinajstić information content (AvgIpc) is 3.31. The number of carbonyl (C=O) groups is 1. The molecular formula is C31H30N6O3. The maximum atomic E-state index is 12.1. The van der Waals surface area contributed by atoms with Crippen LogP contribution in [-0.2, 0) is 11.3 Å². The first-order valence-corrected chi connectivity index (χ1v) is 13.2. The number of likely N-dealkylation sites (N-methyl/N-ethyl adjacent to an activating group) is 1. The first kappa shape index (κ1) is 25.7. The van der Waals surface area contributed by atoms with Crippen LogP contribution in [0.15, 0.2) is 78.0 Å². The number of nitrogens with one attached hydrogen (secondary N) is 1. The lowest BCUT2D eigenvalue weighted by molar-refractivity contribution is 0.0601. The van der Waals surface area contributed by atoms with Gasteiger partial charge in [0, 0.05) is 61.6 Å². The lowest BCUT2D eigenvalue weighted by Crippen LogP contribution is -2.43. The number of benzene rings is 3. The summed E-state index contributed by atoms with van der Waals surface area (Å²) >= 11 is 0. The smallest absolute Gasteiger partial charge is 0.337 e. The second kappa shape index (κ2) is 10.9. The number of ether oxygens (including phenoxy) is 1. The predicted octanol–water partition coefficient (Wildman–Crippen LogP) is 4.52. The molecule has 202 valence electrons. The second-order valence-corrected chi connectivity index (χ2v) is 10.1. The van der Waals surface area contributed by atoms with Gasteiger partial charge >= 0.3 is 5.97 Å². The Bertz CT molecular complexity index is 1720. The van der Waals surface area contributed by atoms with Crippen molar-refractivity contribution in [3.8, 4) is 5.88 Å². The molecule has 1 aliphatic heterocycles. The molecule has 3 aromatic carbocycles. The molecule has 0 bridgehead atoms. The summed E-state index contributed by atoms with van der Waals surface area (Å²) in [6.45, 7) is 5.18. The number of H-pyrrole nitrogens is 1. The number of aromatic hydroxyl groups is 1. The van der Waals surface area contributed by atoms with Crippen LogP contribution < -0.4 is 0 Å². The second-order valence-electron chi connectivity index (χ2n) is 10.1. The zero-order valence-electron chi connectivity index (χ0n) is 22.5. The summed E-state index contributed by atoms with van der Waals surface area (Å²) in [6.07, 6.45) is 3.31. The van der Waals surface area contributed by atoms with E-state index in [9.17, 15) is 9.90 Å². The Morgan fingerprint density at radius 3 is 2.42 bits per heavy atom. The van der Waals surface area contributed by atoms with E-state index in [0.717, 1.165) is 60.4 Å². The van der Waals surface area contributed by atoms with E-state index in [0.29, 0.717) is 22.4 Å². The van der Waals surface area contributed by atoms with Crippen LogP contribution in [0, 0.1) is 0 Å². The molecule has 2 aromatic heterocycles. The minimum Gasteiger partial charge on any atom is -0.494 e. The third kappa shape index (κ3) is 5.16. The number of hydrogen-bond acceptors (Lipinski definition) is 8. The minimum absolute atomic E-state index is 0.0401. The van der Waals surface area contributed by atoms with Crippen molar-refractivity contribution >= 4 is 39.3 Å². The van der Waals surface area contributed by atoms with Gasteiger partial charge in [0.25, 0.3) is 0 Å². The summed E-state index contributed by atoms with van der Waals surface area (Å²) < 4.78 is 4.86. The van der Waals surface area contributed by atoms with Gasteiger partial charge < -0.3 is 19.7 Å². The molecule has 1 aliphatic rings. The van der Waals surface area contributed by atoms with Crippen molar-refractivity contribution in [1.29, 1.82) is 0 Å². The van der Waals surface area contributed by atoms with Crippen molar-refractivity contribution < 1.29 is 14.6 Å². The molecule has 1 fully saturated rings. The van der Waals surface area contributed by atoms with Crippen molar-refractivity contribution in [2.45, 2.75) is 6.54 Å². The fraction of sp³-hybridized carbons (Fsp3) is 0.226. The lowest BCUT2D eigenvalue weighted by atomic mass is 9.99. The largest absolute Gasteiger partial charge is 0.494 e. The van der Waals surface area contributed by atoms with Gasteiger partial charge in [-0.2, -0.15) is 0 Å². The Labute approximate surface area is 231 Å². The fourth-order valence-corrected chi connectivity index (χ4v) is 5.11. The van der Waals surface area contributed by atoms with E-state index in [1.54, 1.807) is 30.6 Å². The van der Waals surface area contributed by atoms with E-state index in [4.69, 9.17) is 9.73 Å². The molecule has 0 radical (unpaired) electrons. The number of esters is 1. The standard InChI is InChI=1S/C31H30N6O3/c1-36-13-15-37(16-14-36)19-20-3-7-23(8-4-20)34-29(21-6-10-25-27(17-21)33-12-11-32-25)28-24-9-5-22(31(39)40-2)18-26(24)35-30(28)38/h3-12,17-18,35,38H,13-16,19H2,1-2H3. The minimum atomic E-state index is -0.448. The number of aromatic amines is 1. The number of fused-ring (bicyclic) bond motifs is 2. The Morgan fingerprint density at radius 2 is 1.68 bits per heavy atom. The summed E-state index contributed by atoms with van der Waals surface area (Å²) in [7, 11) is 3.50. The number of methoxy groups -OCH3 is 1. The third-order valence-corrected chi connectivity index (χ3v) is 7.36. The Morgan fingerprint density at radius 1 is 0.950 bits per heavy atom. The third-order valence-electron chi connectivity index (χ3n) is 7.36. The van der Waals surface area contributed by atoms with E-state index in [-0.39, 0.29) is 5.88 Å². The van der Waals surface area contributed by atoms with E-state index in [2.05, 4.69) is 43.9 Å². The molecular weight excluding hydrogens is 504 g/mol. The highest BCUT2D eigenvalue weighted by Gasteiger charge is 2.21. The maximum Gasteiger partial charge on any atom is 0.337 e. The van der Waals surface area contributed by atoms with Crippen LogP contribution >= 0.6 is 0 Å². The highest BCUT2D eigenvalue weighted by Crippen LogP contribution is 2.33. The summed E-state index contributed by atoms with van der Waals surface area (Å²) in [5.74, 6) is -0.488. The molecule has 0 aliphatic carbocycles. The average molecular weight is 535 g/mol. The molecule has 0 spiro atoms. The number of nitrogens with zero attached hydrogens (tertiary/aromatic N) is 5. The molecule has 9 heteroatoms. The first-order chi connectivity index (χ1) is 19.5. The van der Waals surface area contributed by atoms with Gasteiger partial charge in [-0.3, -0.25) is 14.9 Å². The first-order valence-electron chi connectivity index (χ1n) is 13.2. The van der Waals surface area contributed by atoms with Crippen LogP contribution in [0.1, 0.15) is 27.0 Å². The summed E-state index contributed by atoms with van der Waals surface area (Å²) in [4.78, 5) is 33.8. The van der Waals surface area contributed by atoms with Gasteiger partial charge in [0.15, 0.2) is 5.88 Å². The molecule has 2 N–H and O–H groups in total. The number of rotatable bonds is 6. The van der Waals surface area contributed by atoms with E-state index < -0.39 is 5.97 Å². The molecule has 0 saturated carbocycles. The number of aliphatic imine (C=N–C) groups is 1. The fourth-order valence-electron chi connectivity index (χ4n) is 5.11. The van der Waals surface area contributed by atoms with Gasteiger partial charge in [-0.1, -0.05) is 24.3 Å². The Balaban J connectivity index is 1.42. The monoisotopic (exact) mass is 534 g/mol. The number of aromatic nitrogens is 3. The van der Waals surface area contributed by atoms with Crippen LogP contribution in [-0.4, -0.2) is 81.9 Å². The van der Waals surface area contributed by atoms with Gasteiger partial charge in [0.1, 0.15) is 0 Å². The van der Waals surface area contributed by atoms with Gasteiger partial charge in [0.05, 0.1) is 40.7 Å². The molecule has 3 heterocycles. The van der Waals surface area contributed by atoms with Crippen LogP contribution in [0.2, 0.25) is 0 Å². The zero-order valence-corrected chi connectivity index (χ0v) is 22.5. The molecule has 9 nitrogen and oxygen atoms in total. The zero-order chi connectivity index (χ0) is 27.6. The van der Waals surface area contributed by atoms with Crippen LogP contribution in [0.5, 0.6) is 5.88 Å². The Hall–Kier alpha value is -4.60. The van der Waals surface area contributed by atoms with Crippen molar-refractivity contribution in [2.24, 2.45) is 4.99 Å². The normalized spacial score (nSPS) is 15.1. The molecule has 0 atom stereocenters. The highest BCUT2D eigenvalue weighted by molar-refractivity contribution is 6.22. The van der Waals surface area contributed by atoms with Gasteiger partial charge in [-0.15, -0.1) is 0 Å². The van der Waals surface area contributed by atoms with E-state index in [1.165, 1.54) is 12.7 Å². The summed E-state index contributed by atoms with van der Waals surface area (Å²) in [5.41, 5.74) is 6.37. The quantitative estimate of drug-likeness (QED) is 0.244. The van der Waals surface area contributed by atoms with Crippen molar-refractivity contribution in [3.63, 3.8) is 0 Å². The van der Waals surface area contributed by atoms with Gasteiger partial charge in [0.2, 0.25) is 0 Å². The number of hydrogen-bond donors (Lipinski definition) is 2. The Kier molecular flexibility index (Phi) is 6.98. The molecule has 0 unspecified atom stereocenters. The van der Waals surface area contributed by atoms with Crippen LogP contribution in [0.4, 0.5) is 5.69 Å². The van der Waals surface area contributed by atoms with E-state index in [1.807, 2.05) is 30.3 Å². The SMILES string of the molecule is COC(=O)c1ccc2c(C(=Nc3ccc(CN4CCN(C)CC4)cc3)c3ccc4nccnc4c3)c(O)[nH]c2c1. The van der Waals surface area contributed by atoms with Gasteiger partial charge in [-0.25, -0.2) is 9.79 Å². The number of piperazine rings is 1.